The fraction of sp³-hybridized carbons (Fsp3) is 0.929. The van der Waals surface area contributed by atoms with Gasteiger partial charge < -0.3 is 0 Å². The summed E-state index contributed by atoms with van der Waals surface area (Å²) in [5, 5.41) is 0.0379. The lowest BCUT2D eigenvalue weighted by Crippen LogP contribution is -1.86. The van der Waals surface area contributed by atoms with E-state index in [0.29, 0.717) is 6.42 Å². The zero-order valence-corrected chi connectivity index (χ0v) is 11.7. The van der Waals surface area contributed by atoms with Crippen LogP contribution in [0.15, 0.2) is 0 Å². The number of hydrogen-bond donors (Lipinski definition) is 1. The highest BCUT2D eigenvalue weighted by Crippen LogP contribution is 2.12. The number of carbonyl (C=O) groups is 1. The zero-order chi connectivity index (χ0) is 12.1. The van der Waals surface area contributed by atoms with E-state index < -0.39 is 0 Å². The van der Waals surface area contributed by atoms with Crippen LogP contribution in [0, 0.1) is 0 Å². The standard InChI is InChI=1S/C14H28OS.H2/c1-2-3-4-5-6-7-8-9-10-11-12-13-14(15)16;/h2-13H2,1H3,(H,15,16);1H. The van der Waals surface area contributed by atoms with E-state index in [1.807, 2.05) is 0 Å². The lowest BCUT2D eigenvalue weighted by molar-refractivity contribution is -0.110. The second kappa shape index (κ2) is 13.1. The van der Waals surface area contributed by atoms with Gasteiger partial charge >= 0.3 is 0 Å². The molecule has 0 aliphatic heterocycles. The minimum absolute atomic E-state index is 0. The highest BCUT2D eigenvalue weighted by atomic mass is 32.1. The van der Waals surface area contributed by atoms with E-state index in [0.717, 1.165) is 6.42 Å². The molecule has 1 nitrogen and oxygen atoms in total. The van der Waals surface area contributed by atoms with Crippen molar-refractivity contribution < 1.29 is 6.22 Å². The number of carbonyl (C=O) groups excluding carboxylic acids is 1. The van der Waals surface area contributed by atoms with Crippen molar-refractivity contribution in [3.05, 3.63) is 0 Å². The minimum Gasteiger partial charge on any atom is -0.288 e. The van der Waals surface area contributed by atoms with E-state index in [1.165, 1.54) is 64.2 Å². The molecule has 0 saturated carbocycles. The summed E-state index contributed by atoms with van der Waals surface area (Å²) in [6.45, 7) is 2.26. The molecule has 0 N–H and O–H groups in total. The topological polar surface area (TPSA) is 17.1 Å². The lowest BCUT2D eigenvalue weighted by atomic mass is 10.1. The molecular formula is C14H30OS. The zero-order valence-electron chi connectivity index (χ0n) is 10.8. The van der Waals surface area contributed by atoms with Gasteiger partial charge in [-0.1, -0.05) is 71.1 Å². The van der Waals surface area contributed by atoms with Crippen LogP contribution in [0.3, 0.4) is 0 Å². The molecule has 0 amide bonds. The van der Waals surface area contributed by atoms with E-state index >= 15 is 0 Å². The first-order valence-corrected chi connectivity index (χ1v) is 7.44. The van der Waals surface area contributed by atoms with E-state index in [1.54, 1.807) is 0 Å². The Balaban J connectivity index is 0. The summed E-state index contributed by atoms with van der Waals surface area (Å²) in [4.78, 5) is 10.6. The van der Waals surface area contributed by atoms with Crippen LogP contribution < -0.4 is 0 Å². The molecule has 0 aromatic carbocycles. The molecule has 0 heterocycles. The Morgan fingerprint density at radius 1 is 0.812 bits per heavy atom. The average molecular weight is 246 g/mol. The molecule has 0 saturated heterocycles. The molecule has 0 bridgehead atoms. The predicted molar refractivity (Wildman–Crippen MR) is 77.2 cm³/mol. The summed E-state index contributed by atoms with van der Waals surface area (Å²) in [6.07, 6.45) is 15.3. The van der Waals surface area contributed by atoms with Gasteiger partial charge in [-0.2, -0.15) is 0 Å². The van der Waals surface area contributed by atoms with Crippen LogP contribution in [0.5, 0.6) is 0 Å². The van der Waals surface area contributed by atoms with Crippen LogP contribution in [0.2, 0.25) is 0 Å². The third-order valence-corrected chi connectivity index (χ3v) is 3.22. The van der Waals surface area contributed by atoms with Gasteiger partial charge in [0.15, 0.2) is 5.12 Å². The molecule has 0 unspecified atom stereocenters. The van der Waals surface area contributed by atoms with Crippen LogP contribution in [0.4, 0.5) is 0 Å². The van der Waals surface area contributed by atoms with Gasteiger partial charge in [-0.25, -0.2) is 0 Å². The molecule has 98 valence electrons. The quantitative estimate of drug-likeness (QED) is 0.361. The van der Waals surface area contributed by atoms with Crippen molar-refractivity contribution in [3.8, 4) is 0 Å². The van der Waals surface area contributed by atoms with Crippen molar-refractivity contribution in [3.63, 3.8) is 0 Å². The van der Waals surface area contributed by atoms with Crippen LogP contribution in [0.25, 0.3) is 0 Å². The molecule has 0 atom stereocenters. The van der Waals surface area contributed by atoms with E-state index in [2.05, 4.69) is 19.6 Å². The molecule has 0 aliphatic rings. The SMILES string of the molecule is CCCCCCCCCCCCCC(=O)S.[HH]. The van der Waals surface area contributed by atoms with Gasteiger partial charge in [0.1, 0.15) is 0 Å². The number of unbranched alkanes of at least 4 members (excludes halogenated alkanes) is 10. The summed E-state index contributed by atoms with van der Waals surface area (Å²) in [7, 11) is 0. The summed E-state index contributed by atoms with van der Waals surface area (Å²) in [5.41, 5.74) is 0. The van der Waals surface area contributed by atoms with Gasteiger partial charge in [-0.3, -0.25) is 4.79 Å². The third-order valence-electron chi connectivity index (χ3n) is 2.99. The Kier molecular flexibility index (Phi) is 13.1. The first-order chi connectivity index (χ1) is 7.77. The fourth-order valence-corrected chi connectivity index (χ4v) is 2.10. The molecule has 0 spiro atoms. The van der Waals surface area contributed by atoms with E-state index in [9.17, 15) is 4.79 Å². The predicted octanol–water partition coefficient (Wildman–Crippen LogP) is 5.39. The van der Waals surface area contributed by atoms with Crippen LogP contribution >= 0.6 is 12.6 Å². The van der Waals surface area contributed by atoms with Crippen molar-refractivity contribution in [1.29, 1.82) is 0 Å². The van der Waals surface area contributed by atoms with Crippen molar-refractivity contribution >= 4 is 17.7 Å². The van der Waals surface area contributed by atoms with Crippen molar-refractivity contribution in [2.75, 3.05) is 0 Å². The maximum absolute atomic E-state index is 10.6. The Morgan fingerprint density at radius 2 is 1.19 bits per heavy atom. The van der Waals surface area contributed by atoms with Crippen molar-refractivity contribution in [1.82, 2.24) is 0 Å². The fourth-order valence-electron chi connectivity index (χ4n) is 1.94. The maximum Gasteiger partial charge on any atom is 0.185 e. The smallest absolute Gasteiger partial charge is 0.185 e. The van der Waals surface area contributed by atoms with Gasteiger partial charge in [-0.05, 0) is 6.42 Å². The first kappa shape index (κ1) is 16.0. The average Bonchev–Trinajstić information content (AvgIpc) is 2.25. The molecular weight excluding hydrogens is 216 g/mol. The second-order valence-electron chi connectivity index (χ2n) is 4.68. The molecule has 16 heavy (non-hydrogen) atoms. The molecule has 0 rings (SSSR count). The Hall–Kier alpha value is 0.0200. The maximum atomic E-state index is 10.6. The summed E-state index contributed by atoms with van der Waals surface area (Å²) in [5.74, 6) is 0. The molecule has 0 fully saturated rings. The summed E-state index contributed by atoms with van der Waals surface area (Å²) < 4.78 is 0. The Bertz CT molecular complexity index is 162. The van der Waals surface area contributed by atoms with Gasteiger partial charge in [0.25, 0.3) is 0 Å². The highest BCUT2D eigenvalue weighted by molar-refractivity contribution is 7.96. The highest BCUT2D eigenvalue weighted by Gasteiger charge is 1.95. The molecule has 0 aromatic heterocycles. The minimum atomic E-state index is 0. The number of thiol groups is 1. The van der Waals surface area contributed by atoms with Gasteiger partial charge in [0, 0.05) is 7.85 Å². The van der Waals surface area contributed by atoms with Gasteiger partial charge in [-0.15, -0.1) is 12.6 Å². The van der Waals surface area contributed by atoms with Gasteiger partial charge in [0.2, 0.25) is 0 Å². The van der Waals surface area contributed by atoms with Gasteiger partial charge in [0.05, 0.1) is 0 Å². The summed E-state index contributed by atoms with van der Waals surface area (Å²) in [6, 6.07) is 0. The normalized spacial score (nSPS) is 10.6. The third kappa shape index (κ3) is 14.0. The van der Waals surface area contributed by atoms with E-state index in [4.69, 9.17) is 0 Å². The van der Waals surface area contributed by atoms with Crippen LogP contribution in [-0.2, 0) is 4.79 Å². The first-order valence-electron chi connectivity index (χ1n) is 6.99. The Morgan fingerprint density at radius 3 is 1.56 bits per heavy atom. The second-order valence-corrected chi connectivity index (χ2v) is 5.18. The van der Waals surface area contributed by atoms with E-state index in [-0.39, 0.29) is 6.54 Å². The lowest BCUT2D eigenvalue weighted by Gasteiger charge is -2.01. The number of hydrogen-bond acceptors (Lipinski definition) is 1. The number of rotatable bonds is 12. The molecule has 0 radical (unpaired) electrons. The monoisotopic (exact) mass is 246 g/mol. The molecule has 0 aliphatic carbocycles. The molecule has 2 heteroatoms. The largest absolute Gasteiger partial charge is 0.288 e. The van der Waals surface area contributed by atoms with Crippen LogP contribution in [0.1, 0.15) is 85.4 Å². The Labute approximate surface area is 108 Å². The molecule has 0 aromatic rings. The van der Waals surface area contributed by atoms with Crippen molar-refractivity contribution in [2.24, 2.45) is 0 Å². The van der Waals surface area contributed by atoms with Crippen molar-refractivity contribution in [2.45, 2.75) is 84.0 Å². The summed E-state index contributed by atoms with van der Waals surface area (Å²) >= 11 is 3.76. The van der Waals surface area contributed by atoms with Crippen LogP contribution in [-0.4, -0.2) is 5.12 Å².